The van der Waals surface area contributed by atoms with E-state index in [1.165, 1.54) is 7.11 Å². The fraction of sp³-hybridized carbons (Fsp3) is 0.778. The lowest BCUT2D eigenvalue weighted by molar-refractivity contribution is -0.144. The van der Waals surface area contributed by atoms with Crippen molar-refractivity contribution in [2.24, 2.45) is 11.3 Å². The predicted molar refractivity (Wildman–Crippen MR) is 137 cm³/mol. The molecule has 36 heavy (non-hydrogen) atoms. The van der Waals surface area contributed by atoms with Gasteiger partial charge in [0.25, 0.3) is 0 Å². The van der Waals surface area contributed by atoms with Crippen molar-refractivity contribution < 1.29 is 28.6 Å². The third-order valence-corrected chi connectivity index (χ3v) is 6.03. The van der Waals surface area contributed by atoms with E-state index in [1.807, 2.05) is 10.8 Å². The van der Waals surface area contributed by atoms with Crippen molar-refractivity contribution in [1.82, 2.24) is 14.5 Å². The van der Waals surface area contributed by atoms with E-state index in [1.54, 1.807) is 47.9 Å². The molecule has 1 aliphatic rings. The molecule has 1 fully saturated rings. The highest BCUT2D eigenvalue weighted by atomic mass is 16.6. The third-order valence-electron chi connectivity index (χ3n) is 6.03. The molecule has 0 N–H and O–H groups in total. The quantitative estimate of drug-likeness (QED) is 0.328. The number of nitrogens with zero attached hydrogens (tertiary/aromatic N) is 3. The van der Waals surface area contributed by atoms with Crippen LogP contribution in [-0.4, -0.2) is 57.5 Å². The number of rotatable bonds is 8. The van der Waals surface area contributed by atoms with Crippen molar-refractivity contribution in [3.8, 4) is 0 Å². The van der Waals surface area contributed by atoms with Crippen LogP contribution in [0, 0.1) is 11.3 Å². The highest BCUT2D eigenvalue weighted by Crippen LogP contribution is 2.56. The van der Waals surface area contributed by atoms with Crippen LogP contribution < -0.4 is 0 Å². The highest BCUT2D eigenvalue weighted by Gasteiger charge is 2.63. The molecule has 0 spiro atoms. The number of ether oxygens (including phenoxy) is 3. The number of aryl methyl sites for hydroxylation is 1. The molecular formula is C27H45N3O6. The maximum atomic E-state index is 12.8. The zero-order valence-electron chi connectivity index (χ0n) is 23.8. The SMILES string of the molecule is COC(=O)[C@]1(c2cn(CCC(C)(C)C)cn2)C[C@@H]1CCCN(C(=O)OC(C)(C)C)C(=O)OC(C)(C)C. The summed E-state index contributed by atoms with van der Waals surface area (Å²) in [4.78, 5) is 43.8. The summed E-state index contributed by atoms with van der Waals surface area (Å²) in [6.45, 7) is 18.0. The van der Waals surface area contributed by atoms with Gasteiger partial charge in [0.1, 0.15) is 16.6 Å². The molecule has 2 amide bonds. The standard InChI is InChI=1S/C27H45N3O6/c1-24(2,3)13-15-29-17-20(28-18-29)27(21(31)34-10)16-19(27)12-11-14-30(22(32)35-25(4,5)6)23(33)36-26(7,8)9/h17-19H,11-16H2,1-10H3/t19-,27+/m0/s1. The van der Waals surface area contributed by atoms with E-state index < -0.39 is 28.8 Å². The monoisotopic (exact) mass is 507 g/mol. The zero-order valence-corrected chi connectivity index (χ0v) is 23.8. The van der Waals surface area contributed by atoms with Crippen molar-refractivity contribution >= 4 is 18.2 Å². The lowest BCUT2D eigenvalue weighted by atomic mass is 9.92. The fourth-order valence-electron chi connectivity index (χ4n) is 4.09. The Morgan fingerprint density at radius 2 is 1.58 bits per heavy atom. The van der Waals surface area contributed by atoms with E-state index in [0.717, 1.165) is 17.9 Å². The first-order valence-corrected chi connectivity index (χ1v) is 12.7. The Kier molecular flexibility index (Phi) is 8.90. The second kappa shape index (κ2) is 10.8. The molecule has 0 unspecified atom stereocenters. The number of esters is 1. The Morgan fingerprint density at radius 3 is 2.06 bits per heavy atom. The van der Waals surface area contributed by atoms with Gasteiger partial charge in [-0.2, -0.15) is 0 Å². The number of imide groups is 1. The van der Waals surface area contributed by atoms with Crippen LogP contribution in [-0.2, 0) is 31.0 Å². The third kappa shape index (κ3) is 8.23. The molecule has 0 radical (unpaired) electrons. The molecule has 0 aliphatic heterocycles. The summed E-state index contributed by atoms with van der Waals surface area (Å²) in [7, 11) is 1.39. The molecule has 1 aliphatic carbocycles. The van der Waals surface area contributed by atoms with Crippen LogP contribution in [0.4, 0.5) is 9.59 Å². The second-order valence-corrected chi connectivity index (χ2v) is 12.9. The highest BCUT2D eigenvalue weighted by molar-refractivity contribution is 5.88. The largest absolute Gasteiger partial charge is 0.468 e. The van der Waals surface area contributed by atoms with Crippen LogP contribution in [0.2, 0.25) is 0 Å². The lowest BCUT2D eigenvalue weighted by Crippen LogP contribution is -2.44. The van der Waals surface area contributed by atoms with Crippen LogP contribution in [0.5, 0.6) is 0 Å². The van der Waals surface area contributed by atoms with Gasteiger partial charge in [-0.05, 0) is 78.6 Å². The summed E-state index contributed by atoms with van der Waals surface area (Å²) in [6.07, 6.45) is 4.94. The van der Waals surface area contributed by atoms with Gasteiger partial charge in [0.05, 0.1) is 19.1 Å². The topological polar surface area (TPSA) is 100.0 Å². The Labute approximate surface area is 215 Å². The number of carbonyl (C=O) groups is 3. The van der Waals surface area contributed by atoms with Gasteiger partial charge in [0, 0.05) is 19.3 Å². The minimum atomic E-state index is -0.787. The van der Waals surface area contributed by atoms with Gasteiger partial charge in [-0.15, -0.1) is 0 Å². The van der Waals surface area contributed by atoms with E-state index in [9.17, 15) is 14.4 Å². The first-order valence-electron chi connectivity index (χ1n) is 12.7. The molecule has 2 atom stereocenters. The zero-order chi connectivity index (χ0) is 27.5. The summed E-state index contributed by atoms with van der Waals surface area (Å²) in [5.74, 6) is -0.292. The van der Waals surface area contributed by atoms with Crippen LogP contribution >= 0.6 is 0 Å². The first-order chi connectivity index (χ1) is 16.4. The van der Waals surface area contributed by atoms with Crippen molar-refractivity contribution in [2.75, 3.05) is 13.7 Å². The lowest BCUT2D eigenvalue weighted by Gasteiger charge is -2.28. The number of hydrogen-bond donors (Lipinski definition) is 0. The van der Waals surface area contributed by atoms with Crippen LogP contribution in [0.25, 0.3) is 0 Å². The van der Waals surface area contributed by atoms with Crippen LogP contribution in [0.1, 0.15) is 93.7 Å². The normalized spacial score (nSPS) is 20.0. The van der Waals surface area contributed by atoms with Crippen molar-refractivity contribution in [2.45, 2.75) is 111 Å². The first kappa shape index (κ1) is 29.6. The summed E-state index contributed by atoms with van der Waals surface area (Å²) in [5.41, 5.74) is -1.38. The van der Waals surface area contributed by atoms with E-state index in [-0.39, 0.29) is 23.8 Å². The second-order valence-electron chi connectivity index (χ2n) is 12.9. The molecule has 2 rings (SSSR count). The predicted octanol–water partition coefficient (Wildman–Crippen LogP) is 5.70. The number of hydrogen-bond acceptors (Lipinski definition) is 7. The number of carbonyl (C=O) groups excluding carboxylic acids is 3. The number of imidazole rings is 1. The fourth-order valence-corrected chi connectivity index (χ4v) is 4.09. The summed E-state index contributed by atoms with van der Waals surface area (Å²) >= 11 is 0. The Bertz CT molecular complexity index is 907. The van der Waals surface area contributed by atoms with Crippen LogP contribution in [0.3, 0.4) is 0 Å². The maximum Gasteiger partial charge on any atom is 0.419 e. The number of methoxy groups -OCH3 is 1. The van der Waals surface area contributed by atoms with Gasteiger partial charge in [-0.3, -0.25) is 4.79 Å². The molecule has 1 saturated carbocycles. The Hall–Kier alpha value is -2.58. The number of aromatic nitrogens is 2. The van der Waals surface area contributed by atoms with Gasteiger partial charge in [-0.25, -0.2) is 19.5 Å². The molecule has 1 heterocycles. The molecule has 204 valence electrons. The van der Waals surface area contributed by atoms with Gasteiger partial charge >= 0.3 is 18.2 Å². The number of amides is 2. The van der Waals surface area contributed by atoms with Crippen LogP contribution in [0.15, 0.2) is 12.5 Å². The Balaban J connectivity index is 2.09. The van der Waals surface area contributed by atoms with Gasteiger partial charge in [-0.1, -0.05) is 20.8 Å². The van der Waals surface area contributed by atoms with Crippen molar-refractivity contribution in [3.63, 3.8) is 0 Å². The summed E-state index contributed by atoms with van der Waals surface area (Å²) in [5, 5.41) is 0. The van der Waals surface area contributed by atoms with Gasteiger partial charge < -0.3 is 18.8 Å². The minimum absolute atomic E-state index is 0.00930. The van der Waals surface area contributed by atoms with E-state index in [4.69, 9.17) is 14.2 Å². The maximum absolute atomic E-state index is 12.8. The van der Waals surface area contributed by atoms with Gasteiger partial charge in [0.2, 0.25) is 0 Å². The van der Waals surface area contributed by atoms with Gasteiger partial charge in [0.15, 0.2) is 0 Å². The van der Waals surface area contributed by atoms with Crippen molar-refractivity contribution in [3.05, 3.63) is 18.2 Å². The molecule has 9 heteroatoms. The molecule has 1 aromatic rings. The van der Waals surface area contributed by atoms with E-state index >= 15 is 0 Å². The molecular weight excluding hydrogens is 462 g/mol. The molecule has 0 aromatic carbocycles. The smallest absolute Gasteiger partial charge is 0.419 e. The molecule has 9 nitrogen and oxygen atoms in total. The molecule has 0 saturated heterocycles. The minimum Gasteiger partial charge on any atom is -0.468 e. The molecule has 0 bridgehead atoms. The summed E-state index contributed by atoms with van der Waals surface area (Å²) < 4.78 is 18.0. The Morgan fingerprint density at radius 1 is 1.03 bits per heavy atom. The average molecular weight is 508 g/mol. The summed E-state index contributed by atoms with van der Waals surface area (Å²) in [6, 6.07) is 0. The average Bonchev–Trinajstić information content (AvgIpc) is 3.22. The van der Waals surface area contributed by atoms with E-state index in [2.05, 4.69) is 25.8 Å². The molecule has 1 aromatic heterocycles. The van der Waals surface area contributed by atoms with Crippen molar-refractivity contribution in [1.29, 1.82) is 0 Å². The van der Waals surface area contributed by atoms with E-state index in [0.29, 0.717) is 25.0 Å².